The van der Waals surface area contributed by atoms with Gasteiger partial charge in [0.05, 0.1) is 24.4 Å². The van der Waals surface area contributed by atoms with Crippen LogP contribution in [0.2, 0.25) is 0 Å². The Kier molecular flexibility index (Phi) is 6.93. The van der Waals surface area contributed by atoms with Crippen LogP contribution in [0.5, 0.6) is 0 Å². The van der Waals surface area contributed by atoms with Crippen molar-refractivity contribution in [2.45, 2.75) is 46.0 Å². The van der Waals surface area contributed by atoms with Gasteiger partial charge in [-0.15, -0.1) is 0 Å². The molecule has 0 unspecified atom stereocenters. The molecule has 0 atom stereocenters. The van der Waals surface area contributed by atoms with E-state index in [9.17, 15) is 9.59 Å². The minimum atomic E-state index is -0.427. The molecule has 1 aliphatic carbocycles. The molecule has 0 aromatic carbocycles. The Morgan fingerprint density at radius 1 is 0.947 bits per heavy atom. The van der Waals surface area contributed by atoms with Gasteiger partial charge in [-0.25, -0.2) is 9.59 Å². The average molecular weight is 266 g/mol. The van der Waals surface area contributed by atoms with Crippen molar-refractivity contribution in [1.29, 1.82) is 0 Å². The second kappa shape index (κ2) is 8.51. The summed E-state index contributed by atoms with van der Waals surface area (Å²) in [7, 11) is 0. The van der Waals surface area contributed by atoms with E-state index in [0.29, 0.717) is 24.4 Å². The Bertz CT molecular complexity index is 344. The molecule has 1 rings (SSSR count). The van der Waals surface area contributed by atoms with Crippen molar-refractivity contribution in [2.24, 2.45) is 0 Å². The fourth-order valence-electron chi connectivity index (χ4n) is 1.76. The van der Waals surface area contributed by atoms with Gasteiger partial charge < -0.3 is 9.47 Å². The van der Waals surface area contributed by atoms with Gasteiger partial charge in [-0.2, -0.15) is 0 Å². The van der Waals surface area contributed by atoms with Crippen LogP contribution in [0.4, 0.5) is 0 Å². The lowest BCUT2D eigenvalue weighted by atomic mass is 10.1. The number of carbonyl (C=O) groups is 2. The zero-order valence-electron chi connectivity index (χ0n) is 11.7. The fraction of sp³-hybridized carbons (Fsp3) is 0.600. The molecule has 0 radical (unpaired) electrons. The van der Waals surface area contributed by atoms with Gasteiger partial charge in [-0.05, 0) is 32.1 Å². The number of esters is 2. The Morgan fingerprint density at radius 2 is 1.37 bits per heavy atom. The SMILES string of the molecule is CCCOC(=O)C1=CCCCC=C1C(=O)OCCC. The van der Waals surface area contributed by atoms with Crippen LogP contribution in [0.1, 0.15) is 46.0 Å². The van der Waals surface area contributed by atoms with Crippen LogP contribution in [0.15, 0.2) is 23.3 Å². The zero-order chi connectivity index (χ0) is 14.1. The number of hydrogen-bond donors (Lipinski definition) is 0. The molecule has 0 N–H and O–H groups in total. The van der Waals surface area contributed by atoms with Gasteiger partial charge in [0.25, 0.3) is 0 Å². The third-order valence-electron chi connectivity index (χ3n) is 2.71. The van der Waals surface area contributed by atoms with Crippen LogP contribution in [0.3, 0.4) is 0 Å². The van der Waals surface area contributed by atoms with Crippen molar-refractivity contribution in [3.05, 3.63) is 23.3 Å². The molecule has 19 heavy (non-hydrogen) atoms. The maximum atomic E-state index is 12.0. The Labute approximate surface area is 114 Å². The monoisotopic (exact) mass is 266 g/mol. The van der Waals surface area contributed by atoms with Crippen LogP contribution in [0.25, 0.3) is 0 Å². The quantitative estimate of drug-likeness (QED) is 0.694. The van der Waals surface area contributed by atoms with Crippen molar-refractivity contribution in [1.82, 2.24) is 0 Å². The molecule has 0 fully saturated rings. The van der Waals surface area contributed by atoms with E-state index in [1.165, 1.54) is 0 Å². The second-order valence-electron chi connectivity index (χ2n) is 4.44. The highest BCUT2D eigenvalue weighted by molar-refractivity contribution is 6.07. The van der Waals surface area contributed by atoms with E-state index >= 15 is 0 Å². The summed E-state index contributed by atoms with van der Waals surface area (Å²) in [6.45, 7) is 4.60. The summed E-state index contributed by atoms with van der Waals surface area (Å²) in [5.41, 5.74) is 0.708. The van der Waals surface area contributed by atoms with Crippen molar-refractivity contribution in [3.63, 3.8) is 0 Å². The lowest BCUT2D eigenvalue weighted by Gasteiger charge is -2.10. The molecule has 0 aromatic heterocycles. The number of allylic oxidation sites excluding steroid dienone is 2. The fourth-order valence-corrected chi connectivity index (χ4v) is 1.76. The standard InChI is InChI=1S/C15H22O4/c1-3-10-18-14(16)12-8-6-5-7-9-13(12)15(17)19-11-4-2/h8-9H,3-7,10-11H2,1-2H3. The Morgan fingerprint density at radius 3 is 1.74 bits per heavy atom. The van der Waals surface area contributed by atoms with E-state index in [1.807, 2.05) is 13.8 Å². The van der Waals surface area contributed by atoms with Gasteiger partial charge in [0.1, 0.15) is 0 Å². The first-order valence-electron chi connectivity index (χ1n) is 6.95. The lowest BCUT2D eigenvalue weighted by Crippen LogP contribution is -2.17. The molecule has 1 aliphatic rings. The molecular formula is C15H22O4. The minimum Gasteiger partial charge on any atom is -0.462 e. The molecule has 0 aromatic rings. The largest absolute Gasteiger partial charge is 0.462 e. The molecule has 4 nitrogen and oxygen atoms in total. The molecule has 0 amide bonds. The maximum Gasteiger partial charge on any atom is 0.338 e. The number of hydrogen-bond acceptors (Lipinski definition) is 4. The van der Waals surface area contributed by atoms with Gasteiger partial charge in [0.2, 0.25) is 0 Å². The van der Waals surface area contributed by atoms with Crippen molar-refractivity contribution < 1.29 is 19.1 Å². The smallest absolute Gasteiger partial charge is 0.338 e. The van der Waals surface area contributed by atoms with Gasteiger partial charge in [-0.3, -0.25) is 0 Å². The van der Waals surface area contributed by atoms with Crippen molar-refractivity contribution in [3.8, 4) is 0 Å². The van der Waals surface area contributed by atoms with E-state index in [0.717, 1.165) is 32.1 Å². The number of ether oxygens (including phenoxy) is 2. The summed E-state index contributed by atoms with van der Waals surface area (Å²) in [6, 6.07) is 0. The first kappa shape index (κ1) is 15.5. The van der Waals surface area contributed by atoms with E-state index in [4.69, 9.17) is 9.47 Å². The normalized spacial score (nSPS) is 15.1. The summed E-state index contributed by atoms with van der Waals surface area (Å²) in [5.74, 6) is -0.855. The third-order valence-corrected chi connectivity index (χ3v) is 2.71. The molecular weight excluding hydrogens is 244 g/mol. The predicted molar refractivity (Wildman–Crippen MR) is 72.5 cm³/mol. The Balaban J connectivity index is 2.81. The second-order valence-corrected chi connectivity index (χ2v) is 4.44. The molecule has 4 heteroatoms. The molecule has 0 bridgehead atoms. The average Bonchev–Trinajstić information content (AvgIpc) is 2.67. The predicted octanol–water partition coefficient (Wildman–Crippen LogP) is 2.93. The van der Waals surface area contributed by atoms with Crippen LogP contribution < -0.4 is 0 Å². The highest BCUT2D eigenvalue weighted by Crippen LogP contribution is 2.21. The van der Waals surface area contributed by atoms with E-state index in [1.54, 1.807) is 12.2 Å². The molecule has 0 saturated carbocycles. The summed E-state index contributed by atoms with van der Waals surface area (Å²) in [5, 5.41) is 0. The van der Waals surface area contributed by atoms with Gasteiger partial charge in [0.15, 0.2) is 0 Å². The summed E-state index contributed by atoms with van der Waals surface area (Å²) in [4.78, 5) is 23.9. The third kappa shape index (κ3) is 4.89. The highest BCUT2D eigenvalue weighted by atomic mass is 16.5. The highest BCUT2D eigenvalue weighted by Gasteiger charge is 2.23. The van der Waals surface area contributed by atoms with Gasteiger partial charge >= 0.3 is 11.9 Å². The molecule has 0 spiro atoms. The topological polar surface area (TPSA) is 52.6 Å². The molecule has 0 saturated heterocycles. The van der Waals surface area contributed by atoms with Crippen molar-refractivity contribution in [2.75, 3.05) is 13.2 Å². The van der Waals surface area contributed by atoms with Crippen molar-refractivity contribution >= 4 is 11.9 Å². The molecule has 106 valence electrons. The van der Waals surface area contributed by atoms with E-state index in [2.05, 4.69) is 0 Å². The van der Waals surface area contributed by atoms with E-state index < -0.39 is 11.9 Å². The number of carbonyl (C=O) groups excluding carboxylic acids is 2. The lowest BCUT2D eigenvalue weighted by molar-refractivity contribution is -0.142. The summed E-state index contributed by atoms with van der Waals surface area (Å²) < 4.78 is 10.2. The van der Waals surface area contributed by atoms with Gasteiger partial charge in [-0.1, -0.05) is 26.0 Å². The molecule has 0 heterocycles. The summed E-state index contributed by atoms with van der Waals surface area (Å²) in [6.07, 6.45) is 7.56. The Hall–Kier alpha value is -1.58. The maximum absolute atomic E-state index is 12.0. The zero-order valence-corrected chi connectivity index (χ0v) is 11.7. The molecule has 0 aliphatic heterocycles. The van der Waals surface area contributed by atoms with E-state index in [-0.39, 0.29) is 0 Å². The van der Waals surface area contributed by atoms with Gasteiger partial charge in [0, 0.05) is 0 Å². The van der Waals surface area contributed by atoms with Crippen LogP contribution in [-0.2, 0) is 19.1 Å². The first-order valence-corrected chi connectivity index (χ1v) is 6.95. The number of rotatable bonds is 6. The van der Waals surface area contributed by atoms with Crippen LogP contribution >= 0.6 is 0 Å². The van der Waals surface area contributed by atoms with Crippen LogP contribution in [-0.4, -0.2) is 25.2 Å². The summed E-state index contributed by atoms with van der Waals surface area (Å²) >= 11 is 0. The first-order chi connectivity index (χ1) is 9.20. The minimum absolute atomic E-state index is 0.354. The van der Waals surface area contributed by atoms with Crippen LogP contribution in [0, 0.1) is 0 Å².